The van der Waals surface area contributed by atoms with Gasteiger partial charge in [-0.3, -0.25) is 9.36 Å². The molecule has 4 rings (SSSR count). The summed E-state index contributed by atoms with van der Waals surface area (Å²) in [5.74, 6) is 1.03. The van der Waals surface area contributed by atoms with Gasteiger partial charge in [0.15, 0.2) is 10.9 Å². The molecule has 0 aliphatic heterocycles. The fraction of sp³-hybridized carbons (Fsp3) is 0.130. The molecule has 0 unspecified atom stereocenters. The van der Waals surface area contributed by atoms with E-state index < -0.39 is 5.25 Å². The smallest absolute Gasteiger partial charge is 0.237 e. The number of benzene rings is 2. The molecule has 0 bridgehead atoms. The monoisotopic (exact) mass is 429 g/mol. The Balaban J connectivity index is 1.55. The molecular formula is C23H19N5O2S. The number of nitriles is 1. The highest BCUT2D eigenvalue weighted by Crippen LogP contribution is 2.28. The van der Waals surface area contributed by atoms with Crippen molar-refractivity contribution < 1.29 is 9.21 Å². The first-order valence-electron chi connectivity index (χ1n) is 9.63. The van der Waals surface area contributed by atoms with Crippen molar-refractivity contribution in [2.75, 3.05) is 5.32 Å². The fourth-order valence-electron chi connectivity index (χ4n) is 2.99. The van der Waals surface area contributed by atoms with Crippen LogP contribution in [0.3, 0.4) is 0 Å². The Labute approximate surface area is 183 Å². The van der Waals surface area contributed by atoms with E-state index in [1.54, 1.807) is 36.6 Å². The molecule has 31 heavy (non-hydrogen) atoms. The Morgan fingerprint density at radius 2 is 2.00 bits per heavy atom. The third-order valence-electron chi connectivity index (χ3n) is 4.55. The third-order valence-corrected chi connectivity index (χ3v) is 5.63. The molecule has 1 amide bonds. The van der Waals surface area contributed by atoms with Gasteiger partial charge < -0.3 is 9.73 Å². The van der Waals surface area contributed by atoms with Gasteiger partial charge in [0.05, 0.1) is 29.7 Å². The van der Waals surface area contributed by atoms with Gasteiger partial charge in [-0.15, -0.1) is 10.2 Å². The summed E-state index contributed by atoms with van der Waals surface area (Å²) >= 11 is 1.32. The van der Waals surface area contributed by atoms with E-state index in [0.717, 1.165) is 5.56 Å². The largest absolute Gasteiger partial charge is 0.461 e. The lowest BCUT2D eigenvalue weighted by molar-refractivity contribution is -0.115. The van der Waals surface area contributed by atoms with Crippen LogP contribution in [0.5, 0.6) is 0 Å². The Kier molecular flexibility index (Phi) is 6.15. The summed E-state index contributed by atoms with van der Waals surface area (Å²) in [5, 5.41) is 20.7. The molecule has 0 saturated carbocycles. The van der Waals surface area contributed by atoms with Crippen molar-refractivity contribution in [2.24, 2.45) is 0 Å². The molecule has 2 aromatic carbocycles. The van der Waals surface area contributed by atoms with Crippen LogP contribution in [0, 0.1) is 11.3 Å². The van der Waals surface area contributed by atoms with Crippen molar-refractivity contribution in [1.82, 2.24) is 14.8 Å². The lowest BCUT2D eigenvalue weighted by atomic mass is 10.2. The maximum Gasteiger partial charge on any atom is 0.237 e. The van der Waals surface area contributed by atoms with Gasteiger partial charge in [-0.1, -0.05) is 48.2 Å². The quantitative estimate of drug-likeness (QED) is 0.432. The maximum absolute atomic E-state index is 12.7. The molecule has 0 spiro atoms. The van der Waals surface area contributed by atoms with Crippen LogP contribution < -0.4 is 5.32 Å². The van der Waals surface area contributed by atoms with Gasteiger partial charge in [-0.25, -0.2) is 0 Å². The minimum absolute atomic E-state index is 0.186. The Bertz CT molecular complexity index is 1210. The number of rotatable bonds is 7. The number of carbonyl (C=O) groups excluding carboxylic acids is 1. The average Bonchev–Trinajstić information content (AvgIpc) is 3.45. The van der Waals surface area contributed by atoms with Crippen LogP contribution in [0.2, 0.25) is 0 Å². The molecule has 8 heteroatoms. The maximum atomic E-state index is 12.7. The molecule has 7 nitrogen and oxygen atoms in total. The van der Waals surface area contributed by atoms with Crippen LogP contribution in [0.4, 0.5) is 5.69 Å². The highest BCUT2D eigenvalue weighted by Gasteiger charge is 2.22. The molecule has 0 radical (unpaired) electrons. The standard InChI is InChI=1S/C23H19N5O2S/c1-16(22(29)25-19-10-5-9-18(13-19)14-24)31-23-27-26-21(20-11-6-12-30-20)28(23)15-17-7-3-2-4-8-17/h2-13,16H,15H2,1H3,(H,25,29)/t16-/m0/s1. The molecule has 2 heterocycles. The third kappa shape index (κ3) is 4.85. The van der Waals surface area contributed by atoms with Crippen LogP contribution in [0.15, 0.2) is 82.6 Å². The summed E-state index contributed by atoms with van der Waals surface area (Å²) in [6.07, 6.45) is 1.59. The fourth-order valence-corrected chi connectivity index (χ4v) is 3.84. The van der Waals surface area contributed by atoms with E-state index in [0.29, 0.717) is 34.5 Å². The zero-order chi connectivity index (χ0) is 21.6. The van der Waals surface area contributed by atoms with E-state index in [9.17, 15) is 4.79 Å². The number of nitrogens with one attached hydrogen (secondary N) is 1. The molecule has 1 N–H and O–H groups in total. The van der Waals surface area contributed by atoms with Crippen molar-refractivity contribution in [3.8, 4) is 17.7 Å². The average molecular weight is 430 g/mol. The lowest BCUT2D eigenvalue weighted by Gasteiger charge is -2.13. The summed E-state index contributed by atoms with van der Waals surface area (Å²) in [6, 6.07) is 22.5. The second kappa shape index (κ2) is 9.32. The molecule has 0 saturated heterocycles. The number of aromatic nitrogens is 3. The van der Waals surface area contributed by atoms with Crippen molar-refractivity contribution in [1.29, 1.82) is 5.26 Å². The minimum atomic E-state index is -0.436. The first-order chi connectivity index (χ1) is 15.1. The Hall–Kier alpha value is -3.83. The van der Waals surface area contributed by atoms with E-state index in [1.807, 2.05) is 47.9 Å². The topological polar surface area (TPSA) is 96.7 Å². The predicted octanol–water partition coefficient (Wildman–Crippen LogP) is 4.58. The van der Waals surface area contributed by atoms with E-state index in [2.05, 4.69) is 21.6 Å². The zero-order valence-electron chi connectivity index (χ0n) is 16.7. The van der Waals surface area contributed by atoms with Gasteiger partial charge in [0.2, 0.25) is 11.7 Å². The van der Waals surface area contributed by atoms with Crippen LogP contribution in [-0.4, -0.2) is 25.9 Å². The first-order valence-corrected chi connectivity index (χ1v) is 10.5. The van der Waals surface area contributed by atoms with Crippen LogP contribution in [0.1, 0.15) is 18.1 Å². The van der Waals surface area contributed by atoms with Gasteiger partial charge >= 0.3 is 0 Å². The van der Waals surface area contributed by atoms with Crippen molar-refractivity contribution in [3.05, 3.63) is 84.1 Å². The Morgan fingerprint density at radius 1 is 1.16 bits per heavy atom. The van der Waals surface area contributed by atoms with Crippen LogP contribution >= 0.6 is 11.8 Å². The second-order valence-corrected chi connectivity index (χ2v) is 8.11. The molecule has 2 aromatic heterocycles. The molecule has 0 fully saturated rings. The van der Waals surface area contributed by atoms with E-state index in [4.69, 9.17) is 9.68 Å². The first kappa shape index (κ1) is 20.4. The van der Waals surface area contributed by atoms with Gasteiger partial charge in [0, 0.05) is 5.69 Å². The minimum Gasteiger partial charge on any atom is -0.461 e. The number of hydrogen-bond donors (Lipinski definition) is 1. The molecular weight excluding hydrogens is 410 g/mol. The Morgan fingerprint density at radius 3 is 2.74 bits per heavy atom. The SMILES string of the molecule is C[C@H](Sc1nnc(-c2ccco2)n1Cc1ccccc1)C(=O)Nc1cccc(C#N)c1. The summed E-state index contributed by atoms with van der Waals surface area (Å²) in [6.45, 7) is 2.35. The van der Waals surface area contributed by atoms with E-state index >= 15 is 0 Å². The molecule has 0 aliphatic rings. The molecule has 4 aromatic rings. The predicted molar refractivity (Wildman–Crippen MR) is 118 cm³/mol. The summed E-state index contributed by atoms with van der Waals surface area (Å²) < 4.78 is 7.47. The number of anilines is 1. The molecule has 154 valence electrons. The van der Waals surface area contributed by atoms with E-state index in [-0.39, 0.29) is 5.91 Å². The summed E-state index contributed by atoms with van der Waals surface area (Å²) in [4.78, 5) is 12.7. The second-order valence-electron chi connectivity index (χ2n) is 6.80. The number of amides is 1. The lowest BCUT2D eigenvalue weighted by Crippen LogP contribution is -2.23. The van der Waals surface area contributed by atoms with Gasteiger partial charge in [-0.05, 0) is 42.8 Å². The molecule has 0 aliphatic carbocycles. The van der Waals surface area contributed by atoms with Crippen molar-refractivity contribution in [2.45, 2.75) is 23.9 Å². The number of thioether (sulfide) groups is 1. The molecule has 1 atom stereocenters. The van der Waals surface area contributed by atoms with E-state index in [1.165, 1.54) is 11.8 Å². The van der Waals surface area contributed by atoms with Crippen molar-refractivity contribution >= 4 is 23.4 Å². The van der Waals surface area contributed by atoms with Crippen LogP contribution in [-0.2, 0) is 11.3 Å². The number of furan rings is 1. The highest BCUT2D eigenvalue weighted by atomic mass is 32.2. The van der Waals surface area contributed by atoms with Gasteiger partial charge in [0.25, 0.3) is 0 Å². The van der Waals surface area contributed by atoms with Gasteiger partial charge in [-0.2, -0.15) is 5.26 Å². The summed E-state index contributed by atoms with van der Waals surface area (Å²) in [7, 11) is 0. The van der Waals surface area contributed by atoms with Gasteiger partial charge in [0.1, 0.15) is 0 Å². The highest BCUT2D eigenvalue weighted by molar-refractivity contribution is 8.00. The normalized spacial score (nSPS) is 11.6. The van der Waals surface area contributed by atoms with Crippen LogP contribution in [0.25, 0.3) is 11.6 Å². The number of hydrogen-bond acceptors (Lipinski definition) is 6. The number of nitrogens with zero attached hydrogens (tertiary/aromatic N) is 4. The summed E-state index contributed by atoms with van der Waals surface area (Å²) in [5.41, 5.74) is 2.16. The zero-order valence-corrected chi connectivity index (χ0v) is 17.5. The number of carbonyl (C=O) groups is 1. The van der Waals surface area contributed by atoms with Crippen molar-refractivity contribution in [3.63, 3.8) is 0 Å².